The molecular formula is C5H10FNO. The largest absolute Gasteiger partial charge is 0.390 e. The first-order valence-corrected chi connectivity index (χ1v) is 2.78. The molecule has 0 bridgehead atoms. The monoisotopic (exact) mass is 119 g/mol. The highest BCUT2D eigenvalue weighted by Crippen LogP contribution is 2.20. The van der Waals surface area contributed by atoms with Crippen LogP contribution in [0.5, 0.6) is 0 Å². The van der Waals surface area contributed by atoms with E-state index in [1.165, 1.54) is 0 Å². The van der Waals surface area contributed by atoms with Gasteiger partial charge in [0.1, 0.15) is 6.17 Å². The molecule has 0 amide bonds. The van der Waals surface area contributed by atoms with Crippen molar-refractivity contribution in [2.75, 3.05) is 0 Å². The number of hydrogen-bond acceptors (Lipinski definition) is 2. The first kappa shape index (κ1) is 5.98. The third-order valence-corrected chi connectivity index (χ3v) is 1.49. The third kappa shape index (κ3) is 0.980. The van der Waals surface area contributed by atoms with E-state index < -0.39 is 12.3 Å². The third-order valence-electron chi connectivity index (χ3n) is 1.49. The lowest BCUT2D eigenvalue weighted by atomic mass is 10.3. The van der Waals surface area contributed by atoms with Crippen LogP contribution >= 0.6 is 0 Å². The zero-order chi connectivity index (χ0) is 6.15. The van der Waals surface area contributed by atoms with E-state index in [2.05, 4.69) is 0 Å². The highest BCUT2D eigenvalue weighted by molar-refractivity contribution is 4.84. The Bertz CT molecular complexity index is 78.5. The van der Waals surface area contributed by atoms with Crippen molar-refractivity contribution < 1.29 is 9.50 Å². The summed E-state index contributed by atoms with van der Waals surface area (Å²) in [5.41, 5.74) is 5.32. The molecule has 0 aromatic carbocycles. The van der Waals surface area contributed by atoms with Gasteiger partial charge in [0.2, 0.25) is 0 Å². The maximum absolute atomic E-state index is 12.2. The van der Waals surface area contributed by atoms with E-state index in [9.17, 15) is 4.39 Å². The molecule has 0 aromatic rings. The van der Waals surface area contributed by atoms with Gasteiger partial charge in [-0.25, -0.2) is 4.39 Å². The lowest BCUT2D eigenvalue weighted by Gasteiger charge is -1.99. The smallest absolute Gasteiger partial charge is 0.127 e. The molecule has 8 heavy (non-hydrogen) atoms. The number of rotatable bonds is 0. The molecule has 0 unspecified atom stereocenters. The summed E-state index contributed by atoms with van der Waals surface area (Å²) in [6.07, 6.45) is -1.14. The zero-order valence-electron chi connectivity index (χ0n) is 4.55. The topological polar surface area (TPSA) is 46.2 Å². The molecule has 1 aliphatic rings. The van der Waals surface area contributed by atoms with Gasteiger partial charge in [-0.05, 0) is 12.8 Å². The van der Waals surface area contributed by atoms with Crippen molar-refractivity contribution in [2.45, 2.75) is 31.2 Å². The minimum absolute atomic E-state index is 0.125. The predicted octanol–water partition coefficient (Wildman–Crippen LogP) is -0.194. The average molecular weight is 119 g/mol. The first-order valence-electron chi connectivity index (χ1n) is 2.78. The van der Waals surface area contributed by atoms with Crippen LogP contribution in [0, 0.1) is 0 Å². The van der Waals surface area contributed by atoms with E-state index in [-0.39, 0.29) is 6.04 Å². The van der Waals surface area contributed by atoms with Crippen LogP contribution in [0.3, 0.4) is 0 Å². The van der Waals surface area contributed by atoms with Crippen molar-refractivity contribution in [3.8, 4) is 0 Å². The summed E-state index contributed by atoms with van der Waals surface area (Å²) in [4.78, 5) is 0. The van der Waals surface area contributed by atoms with Crippen LogP contribution < -0.4 is 5.73 Å². The zero-order valence-corrected chi connectivity index (χ0v) is 4.55. The number of hydrogen-bond donors (Lipinski definition) is 2. The molecule has 1 fully saturated rings. The van der Waals surface area contributed by atoms with E-state index in [0.29, 0.717) is 12.8 Å². The molecule has 0 radical (unpaired) electrons. The van der Waals surface area contributed by atoms with Crippen molar-refractivity contribution >= 4 is 0 Å². The van der Waals surface area contributed by atoms with Gasteiger partial charge in [-0.3, -0.25) is 0 Å². The quantitative estimate of drug-likeness (QED) is 0.464. The van der Waals surface area contributed by atoms with Gasteiger partial charge in [0.05, 0.1) is 6.10 Å². The van der Waals surface area contributed by atoms with Crippen LogP contribution in [-0.2, 0) is 0 Å². The van der Waals surface area contributed by atoms with E-state index in [1.807, 2.05) is 0 Å². The fourth-order valence-electron chi connectivity index (χ4n) is 1.00. The minimum atomic E-state index is -1.08. The molecule has 0 aromatic heterocycles. The fraction of sp³-hybridized carbons (Fsp3) is 1.00. The van der Waals surface area contributed by atoms with Crippen molar-refractivity contribution in [3.63, 3.8) is 0 Å². The molecule has 0 aliphatic heterocycles. The molecule has 48 valence electrons. The Balaban J connectivity index is 2.39. The van der Waals surface area contributed by atoms with Gasteiger partial charge < -0.3 is 10.8 Å². The van der Waals surface area contributed by atoms with Crippen LogP contribution in [0.4, 0.5) is 4.39 Å². The predicted molar refractivity (Wildman–Crippen MR) is 28.1 cm³/mol. The summed E-state index contributed by atoms with van der Waals surface area (Å²) in [6, 6.07) is -0.125. The van der Waals surface area contributed by atoms with Gasteiger partial charge in [-0.1, -0.05) is 0 Å². The minimum Gasteiger partial charge on any atom is -0.390 e. The van der Waals surface area contributed by atoms with Crippen LogP contribution in [0.25, 0.3) is 0 Å². The molecule has 1 saturated carbocycles. The van der Waals surface area contributed by atoms with Gasteiger partial charge in [0, 0.05) is 6.04 Å². The van der Waals surface area contributed by atoms with Crippen molar-refractivity contribution in [2.24, 2.45) is 5.73 Å². The number of halogens is 1. The first-order chi connectivity index (χ1) is 3.70. The van der Waals surface area contributed by atoms with Gasteiger partial charge in [0.25, 0.3) is 0 Å². The molecule has 2 nitrogen and oxygen atoms in total. The maximum Gasteiger partial charge on any atom is 0.127 e. The summed E-state index contributed by atoms with van der Waals surface area (Å²) >= 11 is 0. The summed E-state index contributed by atoms with van der Waals surface area (Å²) in [7, 11) is 0. The lowest BCUT2D eigenvalue weighted by molar-refractivity contribution is 0.103. The van der Waals surface area contributed by atoms with E-state index in [4.69, 9.17) is 10.8 Å². The second kappa shape index (κ2) is 1.99. The standard InChI is InChI=1S/C5H10FNO/c6-4-1-3(7)2-5(4)8/h3-5,8H,1-2,7H2/t3-,4-,5-/m0/s1. The highest BCUT2D eigenvalue weighted by atomic mass is 19.1. The summed E-state index contributed by atoms with van der Waals surface area (Å²) in [5, 5.41) is 8.71. The Morgan fingerprint density at radius 2 is 2.12 bits per heavy atom. The second-order valence-electron chi connectivity index (χ2n) is 2.31. The molecule has 1 aliphatic carbocycles. The molecule has 0 saturated heterocycles. The Kier molecular flexibility index (Phi) is 1.49. The molecule has 3 N–H and O–H groups in total. The molecule has 0 heterocycles. The Hall–Kier alpha value is -0.150. The number of aliphatic hydroxyl groups is 1. The highest BCUT2D eigenvalue weighted by Gasteiger charge is 2.30. The van der Waals surface area contributed by atoms with Crippen molar-refractivity contribution in [1.29, 1.82) is 0 Å². The van der Waals surface area contributed by atoms with Gasteiger partial charge >= 0.3 is 0 Å². The van der Waals surface area contributed by atoms with Gasteiger partial charge in [-0.15, -0.1) is 0 Å². The van der Waals surface area contributed by atoms with E-state index in [1.54, 1.807) is 0 Å². The van der Waals surface area contributed by atoms with Crippen LogP contribution in [-0.4, -0.2) is 23.4 Å². The Morgan fingerprint density at radius 1 is 1.50 bits per heavy atom. The lowest BCUT2D eigenvalue weighted by Crippen LogP contribution is -2.15. The van der Waals surface area contributed by atoms with Crippen LogP contribution in [0.15, 0.2) is 0 Å². The maximum atomic E-state index is 12.2. The molecule has 3 heteroatoms. The Morgan fingerprint density at radius 3 is 2.25 bits per heavy atom. The van der Waals surface area contributed by atoms with Crippen molar-refractivity contribution in [3.05, 3.63) is 0 Å². The van der Waals surface area contributed by atoms with Crippen molar-refractivity contribution in [1.82, 2.24) is 0 Å². The summed E-state index contributed by atoms with van der Waals surface area (Å²) < 4.78 is 12.2. The Labute approximate surface area is 47.5 Å². The van der Waals surface area contributed by atoms with E-state index in [0.717, 1.165) is 0 Å². The molecule has 3 atom stereocenters. The summed E-state index contributed by atoms with van der Waals surface area (Å²) in [5.74, 6) is 0. The normalized spacial score (nSPS) is 47.6. The van der Waals surface area contributed by atoms with Crippen LogP contribution in [0.1, 0.15) is 12.8 Å². The number of nitrogens with two attached hydrogens (primary N) is 1. The number of aliphatic hydroxyl groups excluding tert-OH is 1. The fourth-order valence-corrected chi connectivity index (χ4v) is 1.00. The SMILES string of the molecule is N[C@@H]1C[C@H](O)[C@@H](F)C1. The molecular weight excluding hydrogens is 109 g/mol. The molecule has 0 spiro atoms. The second-order valence-corrected chi connectivity index (χ2v) is 2.31. The van der Waals surface area contributed by atoms with E-state index >= 15 is 0 Å². The molecule has 1 rings (SSSR count). The van der Waals surface area contributed by atoms with Gasteiger partial charge in [-0.2, -0.15) is 0 Å². The van der Waals surface area contributed by atoms with Crippen LogP contribution in [0.2, 0.25) is 0 Å². The average Bonchev–Trinajstić information content (AvgIpc) is 1.85. The van der Waals surface area contributed by atoms with Gasteiger partial charge in [0.15, 0.2) is 0 Å². The number of alkyl halides is 1. The summed E-state index contributed by atoms with van der Waals surface area (Å²) in [6.45, 7) is 0.